The van der Waals surface area contributed by atoms with Crippen molar-refractivity contribution in [3.8, 4) is 5.88 Å². The number of nitro benzene ring substituents is 1. The summed E-state index contributed by atoms with van der Waals surface area (Å²) in [4.78, 5) is 26.3. The van der Waals surface area contributed by atoms with Crippen LogP contribution in [0.25, 0.3) is 0 Å². The summed E-state index contributed by atoms with van der Waals surface area (Å²) in [6, 6.07) is 5.66. The third kappa shape index (κ3) is 3.51. The van der Waals surface area contributed by atoms with E-state index in [1.807, 2.05) is 0 Å². The molecule has 0 aliphatic rings. The minimum atomic E-state index is -0.610. The van der Waals surface area contributed by atoms with Crippen molar-refractivity contribution >= 4 is 29.8 Å². The molecular formula is C11H9N5O4S. The molecule has 0 atom stereocenters. The number of nitrogens with zero attached hydrogens (tertiary/aromatic N) is 2. The molecule has 2 aromatic rings. The molecule has 0 aliphatic heterocycles. The summed E-state index contributed by atoms with van der Waals surface area (Å²) >= 11 is 4.68. The zero-order valence-corrected chi connectivity index (χ0v) is 11.2. The quantitative estimate of drug-likeness (QED) is 0.292. The van der Waals surface area contributed by atoms with Crippen LogP contribution in [0.5, 0.6) is 5.88 Å². The van der Waals surface area contributed by atoms with E-state index in [2.05, 4.69) is 32.7 Å². The molecule has 0 amide bonds. The number of nitro groups is 1. The third-order valence-electron chi connectivity index (χ3n) is 2.40. The van der Waals surface area contributed by atoms with Crippen LogP contribution >= 0.6 is 12.2 Å². The van der Waals surface area contributed by atoms with E-state index < -0.39 is 16.4 Å². The average Bonchev–Trinajstić information content (AvgIpc) is 2.42. The first-order chi connectivity index (χ1) is 9.97. The predicted octanol–water partition coefficient (Wildman–Crippen LogP) is 1.49. The molecule has 0 fully saturated rings. The molecule has 2 rings (SSSR count). The monoisotopic (exact) mass is 307 g/mol. The molecule has 1 aromatic carbocycles. The van der Waals surface area contributed by atoms with Crippen LogP contribution in [0, 0.1) is 14.9 Å². The van der Waals surface area contributed by atoms with Crippen LogP contribution in [0.15, 0.2) is 34.2 Å². The maximum absolute atomic E-state index is 11.5. The van der Waals surface area contributed by atoms with Gasteiger partial charge in [0.15, 0.2) is 4.77 Å². The lowest BCUT2D eigenvalue weighted by Gasteiger charge is -2.00. The highest BCUT2D eigenvalue weighted by Gasteiger charge is 2.06. The Labute approximate surface area is 122 Å². The number of anilines is 1. The number of hydrogen-bond donors (Lipinski definition) is 4. The second-order valence-electron chi connectivity index (χ2n) is 3.85. The molecule has 1 aromatic heterocycles. The van der Waals surface area contributed by atoms with Gasteiger partial charge < -0.3 is 10.1 Å². The van der Waals surface area contributed by atoms with E-state index in [1.165, 1.54) is 18.2 Å². The van der Waals surface area contributed by atoms with Crippen LogP contribution in [0.3, 0.4) is 0 Å². The van der Waals surface area contributed by atoms with Gasteiger partial charge in [0.05, 0.1) is 16.8 Å². The van der Waals surface area contributed by atoms with Gasteiger partial charge in [-0.3, -0.25) is 25.3 Å². The first-order valence-corrected chi connectivity index (χ1v) is 5.97. The summed E-state index contributed by atoms with van der Waals surface area (Å²) in [7, 11) is 0. The van der Waals surface area contributed by atoms with Crippen LogP contribution in [0.1, 0.15) is 5.56 Å². The minimum absolute atomic E-state index is 0.0127. The zero-order chi connectivity index (χ0) is 15.4. The van der Waals surface area contributed by atoms with E-state index >= 15 is 0 Å². The van der Waals surface area contributed by atoms with Gasteiger partial charge in [-0.05, 0) is 18.3 Å². The maximum Gasteiger partial charge on any atom is 0.271 e. The minimum Gasteiger partial charge on any atom is -0.494 e. The summed E-state index contributed by atoms with van der Waals surface area (Å²) in [5.74, 6) is -0.423. The predicted molar refractivity (Wildman–Crippen MR) is 78.2 cm³/mol. The highest BCUT2D eigenvalue weighted by Crippen LogP contribution is 2.16. The van der Waals surface area contributed by atoms with Crippen LogP contribution in [-0.4, -0.2) is 26.2 Å². The van der Waals surface area contributed by atoms with Crippen LogP contribution in [0.2, 0.25) is 0 Å². The standard InChI is InChI=1S/C11H9N5O4S/c17-9-8(10(18)14-11(21)13-9)5-12-15-6-2-1-3-7(4-6)16(19)20/h1-5,15H,(H3,13,14,17,18,21)/b12-5+. The fourth-order valence-corrected chi connectivity index (χ4v) is 1.65. The van der Waals surface area contributed by atoms with Crippen molar-refractivity contribution in [1.29, 1.82) is 0 Å². The highest BCUT2D eigenvalue weighted by molar-refractivity contribution is 7.71. The number of aromatic nitrogens is 2. The van der Waals surface area contributed by atoms with Crippen LogP contribution in [-0.2, 0) is 0 Å². The summed E-state index contributed by atoms with van der Waals surface area (Å²) < 4.78 is -0.0127. The van der Waals surface area contributed by atoms with E-state index in [9.17, 15) is 20.0 Å². The Kier molecular flexibility index (Phi) is 4.09. The van der Waals surface area contributed by atoms with Crippen molar-refractivity contribution in [3.63, 3.8) is 0 Å². The molecule has 21 heavy (non-hydrogen) atoms. The number of rotatable bonds is 4. The number of H-pyrrole nitrogens is 2. The third-order valence-corrected chi connectivity index (χ3v) is 2.61. The van der Waals surface area contributed by atoms with E-state index in [0.717, 1.165) is 6.21 Å². The summed E-state index contributed by atoms with van der Waals surface area (Å²) in [6.07, 6.45) is 1.07. The van der Waals surface area contributed by atoms with Gasteiger partial charge in [-0.2, -0.15) is 5.10 Å². The van der Waals surface area contributed by atoms with Gasteiger partial charge in [-0.1, -0.05) is 6.07 Å². The smallest absolute Gasteiger partial charge is 0.271 e. The van der Waals surface area contributed by atoms with Gasteiger partial charge in [0.1, 0.15) is 5.56 Å². The Morgan fingerprint density at radius 3 is 2.86 bits per heavy atom. The lowest BCUT2D eigenvalue weighted by molar-refractivity contribution is -0.384. The first-order valence-electron chi connectivity index (χ1n) is 5.56. The Balaban J connectivity index is 2.20. The zero-order valence-electron chi connectivity index (χ0n) is 10.4. The number of benzene rings is 1. The van der Waals surface area contributed by atoms with Crippen LogP contribution in [0.4, 0.5) is 11.4 Å². The van der Waals surface area contributed by atoms with Crippen molar-refractivity contribution in [2.24, 2.45) is 5.10 Å². The summed E-state index contributed by atoms with van der Waals surface area (Å²) in [5.41, 5.74) is 2.05. The largest absolute Gasteiger partial charge is 0.494 e. The molecule has 0 spiro atoms. The van der Waals surface area contributed by atoms with Gasteiger partial charge in [-0.15, -0.1) is 0 Å². The molecule has 9 nitrogen and oxygen atoms in total. The SMILES string of the molecule is O=c1[nH]c(=S)[nH]c(O)c1/C=N/Nc1cccc([N+](=O)[O-])c1. The molecule has 0 unspecified atom stereocenters. The fraction of sp³-hybridized carbons (Fsp3) is 0. The molecule has 10 heteroatoms. The van der Waals surface area contributed by atoms with E-state index in [0.29, 0.717) is 5.69 Å². The maximum atomic E-state index is 11.5. The molecule has 0 aliphatic carbocycles. The topological polar surface area (TPSA) is 136 Å². The van der Waals surface area contributed by atoms with Gasteiger partial charge in [0, 0.05) is 12.1 Å². The molecule has 0 saturated heterocycles. The normalized spacial score (nSPS) is 10.7. The molecule has 4 N–H and O–H groups in total. The van der Waals surface area contributed by atoms with Crippen molar-refractivity contribution in [3.05, 3.63) is 55.1 Å². The van der Waals surface area contributed by atoms with Gasteiger partial charge >= 0.3 is 0 Å². The molecular weight excluding hydrogens is 298 g/mol. The van der Waals surface area contributed by atoms with Crippen molar-refractivity contribution < 1.29 is 10.0 Å². The molecule has 0 saturated carbocycles. The highest BCUT2D eigenvalue weighted by atomic mass is 32.1. The molecule has 0 radical (unpaired) electrons. The number of hydrogen-bond acceptors (Lipinski definition) is 7. The Hall–Kier alpha value is -3.01. The fourth-order valence-electron chi connectivity index (χ4n) is 1.46. The lowest BCUT2D eigenvalue weighted by Crippen LogP contribution is -2.14. The first kappa shape index (κ1) is 14.4. The van der Waals surface area contributed by atoms with E-state index in [4.69, 9.17) is 0 Å². The van der Waals surface area contributed by atoms with Crippen molar-refractivity contribution in [2.45, 2.75) is 0 Å². The second kappa shape index (κ2) is 5.96. The lowest BCUT2D eigenvalue weighted by atomic mass is 10.3. The molecule has 1 heterocycles. The Morgan fingerprint density at radius 1 is 1.43 bits per heavy atom. The van der Waals surface area contributed by atoms with Gasteiger partial charge in [0.25, 0.3) is 11.2 Å². The summed E-state index contributed by atoms with van der Waals surface area (Å²) in [6.45, 7) is 0. The number of hydrazone groups is 1. The number of aromatic hydroxyl groups is 1. The van der Waals surface area contributed by atoms with Crippen molar-refractivity contribution in [1.82, 2.24) is 9.97 Å². The van der Waals surface area contributed by atoms with Gasteiger partial charge in [0.2, 0.25) is 5.88 Å². The number of nitrogens with one attached hydrogen (secondary N) is 3. The number of aromatic amines is 2. The number of non-ortho nitro benzene ring substituents is 1. The van der Waals surface area contributed by atoms with Crippen LogP contribution < -0.4 is 11.0 Å². The Bertz CT molecular complexity index is 826. The molecule has 0 bridgehead atoms. The average molecular weight is 307 g/mol. The summed E-state index contributed by atoms with van der Waals surface area (Å²) in [5, 5.41) is 23.9. The van der Waals surface area contributed by atoms with Gasteiger partial charge in [-0.25, -0.2) is 0 Å². The Morgan fingerprint density at radius 2 is 2.19 bits per heavy atom. The van der Waals surface area contributed by atoms with E-state index in [1.54, 1.807) is 6.07 Å². The van der Waals surface area contributed by atoms with E-state index in [-0.39, 0.29) is 16.0 Å². The second-order valence-corrected chi connectivity index (χ2v) is 4.26. The molecule has 108 valence electrons. The van der Waals surface area contributed by atoms with Crippen molar-refractivity contribution in [2.75, 3.05) is 5.43 Å².